The lowest BCUT2D eigenvalue weighted by Gasteiger charge is -2.19. The largest absolute Gasteiger partial charge is 0.382 e. The predicted octanol–water partition coefficient (Wildman–Crippen LogP) is 2.59. The van der Waals surface area contributed by atoms with Crippen LogP contribution in [0.5, 0.6) is 0 Å². The molecule has 0 aliphatic carbocycles. The van der Waals surface area contributed by atoms with E-state index in [1.165, 1.54) is 0 Å². The second kappa shape index (κ2) is 9.88. The van der Waals surface area contributed by atoms with E-state index in [0.717, 1.165) is 51.3 Å². The Morgan fingerprint density at radius 2 is 2.15 bits per heavy atom. The van der Waals surface area contributed by atoms with Crippen LogP contribution in [0.2, 0.25) is 0 Å². The molecule has 1 atom stereocenters. The minimum absolute atomic E-state index is 0.364. The van der Waals surface area contributed by atoms with Crippen LogP contribution in [-0.4, -0.2) is 40.6 Å². The minimum Gasteiger partial charge on any atom is -0.382 e. The van der Waals surface area contributed by atoms with Crippen molar-refractivity contribution in [2.45, 2.75) is 65.5 Å². The molecular weight excluding hydrogens is 252 g/mol. The molecule has 0 aliphatic heterocycles. The average Bonchev–Trinajstić information content (AvgIpc) is 2.88. The topological polar surface area (TPSA) is 52.0 Å². The molecule has 1 aromatic rings. The fourth-order valence-corrected chi connectivity index (χ4v) is 2.27. The zero-order valence-electron chi connectivity index (χ0n) is 13.4. The van der Waals surface area contributed by atoms with Crippen LogP contribution in [0.4, 0.5) is 0 Å². The first-order valence-corrected chi connectivity index (χ1v) is 7.88. The minimum atomic E-state index is 0.364. The Bertz CT molecular complexity index is 351. The molecule has 0 aromatic carbocycles. The van der Waals surface area contributed by atoms with Crippen LogP contribution in [0.3, 0.4) is 0 Å². The first kappa shape index (κ1) is 17.1. The molecule has 0 aliphatic rings. The summed E-state index contributed by atoms with van der Waals surface area (Å²) in [6, 6.07) is 0.819. The van der Waals surface area contributed by atoms with E-state index in [1.54, 1.807) is 6.33 Å². The van der Waals surface area contributed by atoms with Crippen molar-refractivity contribution in [3.8, 4) is 0 Å². The van der Waals surface area contributed by atoms with Crippen LogP contribution in [-0.2, 0) is 11.2 Å². The van der Waals surface area contributed by atoms with E-state index in [9.17, 15) is 0 Å². The summed E-state index contributed by atoms with van der Waals surface area (Å²) in [5, 5.41) is 7.93. The van der Waals surface area contributed by atoms with Crippen molar-refractivity contribution in [2.75, 3.05) is 19.8 Å². The Kier molecular flexibility index (Phi) is 8.46. The van der Waals surface area contributed by atoms with Crippen molar-refractivity contribution in [2.24, 2.45) is 0 Å². The van der Waals surface area contributed by atoms with Crippen molar-refractivity contribution in [1.29, 1.82) is 0 Å². The van der Waals surface area contributed by atoms with Gasteiger partial charge < -0.3 is 10.1 Å². The van der Waals surface area contributed by atoms with E-state index in [4.69, 9.17) is 4.74 Å². The summed E-state index contributed by atoms with van der Waals surface area (Å²) in [4.78, 5) is 4.41. The van der Waals surface area contributed by atoms with Gasteiger partial charge in [0.25, 0.3) is 0 Å². The zero-order chi connectivity index (χ0) is 14.8. The van der Waals surface area contributed by atoms with Gasteiger partial charge in [-0.1, -0.05) is 6.92 Å². The summed E-state index contributed by atoms with van der Waals surface area (Å²) >= 11 is 0. The van der Waals surface area contributed by atoms with E-state index >= 15 is 0 Å². The van der Waals surface area contributed by atoms with Crippen molar-refractivity contribution in [3.63, 3.8) is 0 Å². The highest BCUT2D eigenvalue weighted by Gasteiger charge is 2.14. The maximum absolute atomic E-state index is 5.42. The first-order valence-electron chi connectivity index (χ1n) is 7.88. The highest BCUT2D eigenvalue weighted by Crippen LogP contribution is 2.10. The SMILES string of the molecule is CCCNC(CCCOCC)Cc1ncnn1C(C)C. The molecule has 5 heteroatoms. The highest BCUT2D eigenvalue weighted by atomic mass is 16.5. The van der Waals surface area contributed by atoms with Gasteiger partial charge in [-0.05, 0) is 46.6 Å². The lowest BCUT2D eigenvalue weighted by molar-refractivity contribution is 0.140. The Labute approximate surface area is 123 Å². The summed E-state index contributed by atoms with van der Waals surface area (Å²) < 4.78 is 7.44. The molecule has 20 heavy (non-hydrogen) atoms. The fourth-order valence-electron chi connectivity index (χ4n) is 2.27. The zero-order valence-corrected chi connectivity index (χ0v) is 13.4. The van der Waals surface area contributed by atoms with Gasteiger partial charge in [0.05, 0.1) is 0 Å². The maximum atomic E-state index is 5.42. The van der Waals surface area contributed by atoms with Crippen LogP contribution in [0.15, 0.2) is 6.33 Å². The quantitative estimate of drug-likeness (QED) is 0.634. The molecule has 1 unspecified atom stereocenters. The molecule has 0 fully saturated rings. The molecule has 1 N–H and O–H groups in total. The van der Waals surface area contributed by atoms with E-state index in [-0.39, 0.29) is 0 Å². The van der Waals surface area contributed by atoms with Crippen LogP contribution in [0.1, 0.15) is 58.8 Å². The van der Waals surface area contributed by atoms with Gasteiger partial charge in [-0.2, -0.15) is 5.10 Å². The van der Waals surface area contributed by atoms with Crippen molar-refractivity contribution in [1.82, 2.24) is 20.1 Å². The first-order chi connectivity index (χ1) is 9.69. The van der Waals surface area contributed by atoms with Crippen molar-refractivity contribution >= 4 is 0 Å². The highest BCUT2D eigenvalue weighted by molar-refractivity contribution is 4.91. The van der Waals surface area contributed by atoms with Gasteiger partial charge in [-0.3, -0.25) is 0 Å². The second-order valence-electron chi connectivity index (χ2n) is 5.41. The number of ether oxygens (including phenoxy) is 1. The van der Waals surface area contributed by atoms with Gasteiger partial charge in [0, 0.05) is 31.7 Å². The van der Waals surface area contributed by atoms with Gasteiger partial charge in [0.15, 0.2) is 0 Å². The van der Waals surface area contributed by atoms with Gasteiger partial charge in [0.2, 0.25) is 0 Å². The number of hydrogen-bond acceptors (Lipinski definition) is 4. The number of aromatic nitrogens is 3. The molecule has 0 spiro atoms. The van der Waals surface area contributed by atoms with E-state index in [0.29, 0.717) is 12.1 Å². The molecule has 0 radical (unpaired) electrons. The van der Waals surface area contributed by atoms with Crippen LogP contribution in [0, 0.1) is 0 Å². The predicted molar refractivity (Wildman–Crippen MR) is 81.9 cm³/mol. The molecule has 1 rings (SSSR count). The summed E-state index contributed by atoms with van der Waals surface area (Å²) in [6.45, 7) is 11.2. The maximum Gasteiger partial charge on any atom is 0.138 e. The molecule has 1 aromatic heterocycles. The number of nitrogens with one attached hydrogen (secondary N) is 1. The Morgan fingerprint density at radius 3 is 2.80 bits per heavy atom. The molecule has 116 valence electrons. The Morgan fingerprint density at radius 1 is 1.35 bits per heavy atom. The molecule has 0 amide bonds. The standard InChI is InChI=1S/C15H30N4O/c1-5-9-16-14(8-7-10-20-6-2)11-15-17-12-18-19(15)13(3)4/h12-14,16H,5-11H2,1-4H3. The van der Waals surface area contributed by atoms with Gasteiger partial charge in [0.1, 0.15) is 12.2 Å². The monoisotopic (exact) mass is 282 g/mol. The molecule has 5 nitrogen and oxygen atoms in total. The molecule has 0 saturated carbocycles. The smallest absolute Gasteiger partial charge is 0.138 e. The normalized spacial score (nSPS) is 13.1. The summed E-state index contributed by atoms with van der Waals surface area (Å²) in [5.41, 5.74) is 0. The van der Waals surface area contributed by atoms with E-state index in [1.807, 2.05) is 11.6 Å². The van der Waals surface area contributed by atoms with Gasteiger partial charge >= 0.3 is 0 Å². The number of nitrogens with zero attached hydrogens (tertiary/aromatic N) is 3. The molecule has 1 heterocycles. The van der Waals surface area contributed by atoms with E-state index in [2.05, 4.69) is 36.2 Å². The van der Waals surface area contributed by atoms with Crippen LogP contribution >= 0.6 is 0 Å². The van der Waals surface area contributed by atoms with Crippen LogP contribution < -0.4 is 5.32 Å². The van der Waals surface area contributed by atoms with Crippen molar-refractivity contribution < 1.29 is 4.74 Å². The van der Waals surface area contributed by atoms with Crippen LogP contribution in [0.25, 0.3) is 0 Å². The second-order valence-corrected chi connectivity index (χ2v) is 5.41. The Hall–Kier alpha value is -0.940. The summed E-state index contributed by atoms with van der Waals surface area (Å²) in [7, 11) is 0. The van der Waals surface area contributed by atoms with E-state index < -0.39 is 0 Å². The molecule has 0 bridgehead atoms. The van der Waals surface area contributed by atoms with Gasteiger partial charge in [-0.15, -0.1) is 0 Å². The lowest BCUT2D eigenvalue weighted by Crippen LogP contribution is -2.33. The Balaban J connectivity index is 2.51. The average molecular weight is 282 g/mol. The third kappa shape index (κ3) is 6.01. The summed E-state index contributed by atoms with van der Waals surface area (Å²) in [6.07, 6.45) is 5.95. The number of rotatable bonds is 11. The van der Waals surface area contributed by atoms with Gasteiger partial charge in [-0.25, -0.2) is 9.67 Å². The fraction of sp³-hybridized carbons (Fsp3) is 0.867. The lowest BCUT2D eigenvalue weighted by atomic mass is 10.1. The molecule has 0 saturated heterocycles. The summed E-state index contributed by atoms with van der Waals surface area (Å²) in [5.74, 6) is 1.07. The third-order valence-corrected chi connectivity index (χ3v) is 3.29. The third-order valence-electron chi connectivity index (χ3n) is 3.29. The molecular formula is C15H30N4O. The number of hydrogen-bond donors (Lipinski definition) is 1. The van der Waals surface area contributed by atoms with Crippen molar-refractivity contribution in [3.05, 3.63) is 12.2 Å².